The van der Waals surface area contributed by atoms with E-state index in [4.69, 9.17) is 10.5 Å². The maximum atomic E-state index is 10.0. The maximum Gasteiger partial charge on any atom is 2.00 e. The number of aliphatic hydroxyl groups excluding tert-OH is 1. The molecule has 0 atom stereocenters. The van der Waals surface area contributed by atoms with Crippen LogP contribution in [0.5, 0.6) is 0 Å². The zero-order chi connectivity index (χ0) is 14.2. The van der Waals surface area contributed by atoms with Gasteiger partial charge in [-0.05, 0) is 12.1 Å². The molecule has 0 aliphatic heterocycles. The van der Waals surface area contributed by atoms with Crippen LogP contribution in [0, 0.1) is 0 Å². The minimum atomic E-state index is -1.09. The number of carbonyl (C=O) groups is 1. The summed E-state index contributed by atoms with van der Waals surface area (Å²) in [6, 6.07) is 5.44. The van der Waals surface area contributed by atoms with E-state index in [1.165, 1.54) is 5.16 Å². The van der Waals surface area contributed by atoms with Gasteiger partial charge < -0.3 is 20.4 Å². The molecule has 0 spiro atoms. The van der Waals surface area contributed by atoms with Crippen LogP contribution >= 0.6 is 12.2 Å². The van der Waals surface area contributed by atoms with Crippen molar-refractivity contribution in [3.8, 4) is 0 Å². The van der Waals surface area contributed by atoms with Crippen molar-refractivity contribution >= 4 is 29.6 Å². The van der Waals surface area contributed by atoms with E-state index < -0.39 is 5.97 Å². The molecule has 6 nitrogen and oxygen atoms in total. The number of carbonyl (C=O) groups excluding carboxylic acids is 1. The average Bonchev–Trinajstić information content (AvgIpc) is 2.39. The Hall–Kier alpha value is -1.43. The molecule has 1 N–H and O–H groups in total. The zero-order valence-corrected chi connectivity index (χ0v) is 11.9. The molecule has 8 heteroatoms. The molecular formula is C11H13CuN3O3S. The normalized spacial score (nSPS) is 7.89. The molecule has 0 saturated carbocycles. The Morgan fingerprint density at radius 3 is 2.63 bits per heavy atom. The van der Waals surface area contributed by atoms with Crippen LogP contribution in [0.1, 0.15) is 12.1 Å². The first kappa shape index (κ1) is 22.7. The van der Waals surface area contributed by atoms with Crippen molar-refractivity contribution in [2.24, 2.45) is 4.99 Å². The molecule has 0 bridgehead atoms. The van der Waals surface area contributed by atoms with E-state index in [2.05, 4.69) is 22.2 Å². The minimum Gasteiger partial charge on any atom is -0.753 e. The average molecular weight is 331 g/mol. The van der Waals surface area contributed by atoms with Crippen molar-refractivity contribution in [2.75, 3.05) is 13.7 Å². The van der Waals surface area contributed by atoms with Crippen molar-refractivity contribution in [1.82, 2.24) is 4.98 Å². The van der Waals surface area contributed by atoms with Gasteiger partial charge in [0.05, 0.1) is 5.69 Å². The molecule has 107 valence electrons. The van der Waals surface area contributed by atoms with Gasteiger partial charge in [0.25, 0.3) is 0 Å². The third-order valence-electron chi connectivity index (χ3n) is 1.36. The number of aromatic nitrogens is 1. The number of isothiocyanates is 1. The SMILES string of the molecule is CO.O=C([O-])CCN=Cc1ccccn1.[Cu+2].[N-]=C=S. The first-order valence-electron chi connectivity index (χ1n) is 4.77. The van der Waals surface area contributed by atoms with Crippen LogP contribution in [0.3, 0.4) is 0 Å². The van der Waals surface area contributed by atoms with Crippen LogP contribution in [0.2, 0.25) is 0 Å². The molecule has 0 saturated heterocycles. The number of carboxylic acid groups (broad SMARTS) is 1. The Morgan fingerprint density at radius 1 is 1.63 bits per heavy atom. The summed E-state index contributed by atoms with van der Waals surface area (Å²) in [5.41, 5.74) is 0.723. The van der Waals surface area contributed by atoms with E-state index in [9.17, 15) is 9.90 Å². The Labute approximate surface area is 127 Å². The summed E-state index contributed by atoms with van der Waals surface area (Å²) < 4.78 is 0. The first-order chi connectivity index (χ1) is 8.70. The monoisotopic (exact) mass is 330 g/mol. The van der Waals surface area contributed by atoms with Crippen LogP contribution < -0.4 is 5.11 Å². The molecular weight excluding hydrogens is 318 g/mol. The molecule has 1 heterocycles. The van der Waals surface area contributed by atoms with Crippen molar-refractivity contribution in [2.45, 2.75) is 6.42 Å². The second-order valence-electron chi connectivity index (χ2n) is 2.50. The number of aliphatic imine (C=N–C) groups is 1. The molecule has 1 aromatic rings. The summed E-state index contributed by atoms with van der Waals surface area (Å²) in [4.78, 5) is 17.9. The van der Waals surface area contributed by atoms with Crippen molar-refractivity contribution in [3.63, 3.8) is 0 Å². The summed E-state index contributed by atoms with van der Waals surface area (Å²) in [5.74, 6) is -1.09. The maximum absolute atomic E-state index is 10.0. The largest absolute Gasteiger partial charge is 2.00 e. The van der Waals surface area contributed by atoms with Crippen molar-refractivity contribution in [1.29, 1.82) is 0 Å². The predicted octanol–water partition coefficient (Wildman–Crippen LogP) is -0.0949. The van der Waals surface area contributed by atoms with Crippen LogP contribution in [0.25, 0.3) is 5.41 Å². The van der Waals surface area contributed by atoms with E-state index in [1.54, 1.807) is 24.5 Å². The summed E-state index contributed by atoms with van der Waals surface area (Å²) in [6.07, 6.45) is 3.15. The minimum absolute atomic E-state index is 0. The zero-order valence-electron chi connectivity index (χ0n) is 10.1. The molecule has 19 heavy (non-hydrogen) atoms. The number of nitrogens with zero attached hydrogens (tertiary/aromatic N) is 3. The number of aliphatic hydroxyl groups is 1. The van der Waals surface area contributed by atoms with Crippen LogP contribution in [0.4, 0.5) is 0 Å². The van der Waals surface area contributed by atoms with Gasteiger partial charge in [0.2, 0.25) is 0 Å². The quantitative estimate of drug-likeness (QED) is 0.471. The second-order valence-corrected chi connectivity index (χ2v) is 2.69. The van der Waals surface area contributed by atoms with Gasteiger partial charge in [0.15, 0.2) is 0 Å². The van der Waals surface area contributed by atoms with Gasteiger partial charge >= 0.3 is 17.1 Å². The number of aliphatic carboxylic acids is 1. The predicted molar refractivity (Wildman–Crippen MR) is 70.4 cm³/mol. The summed E-state index contributed by atoms with van der Waals surface area (Å²) in [7, 11) is 1.00. The standard InChI is InChI=1S/C9H10N2O2.CNS.CH4O.Cu/c12-9(13)4-6-10-7-8-3-1-2-5-11-8;2-1-3;1-2;/h1-3,5,7H,4,6H2,(H,12,13);;2H,1H3;/q;-1;;+2/p-1. The topological polar surface area (TPSA) is 108 Å². The second kappa shape index (κ2) is 18.9. The van der Waals surface area contributed by atoms with Gasteiger partial charge in [-0.25, -0.2) is 0 Å². The Morgan fingerprint density at radius 2 is 2.21 bits per heavy atom. The number of thiocarbonyl (C=S) groups is 1. The fourth-order valence-electron chi connectivity index (χ4n) is 0.766. The molecule has 1 rings (SSSR count). The van der Waals surface area contributed by atoms with Crippen molar-refractivity contribution in [3.05, 3.63) is 35.5 Å². The summed E-state index contributed by atoms with van der Waals surface area (Å²) >= 11 is 3.70. The molecule has 0 aromatic carbocycles. The number of rotatable bonds is 4. The van der Waals surface area contributed by atoms with Gasteiger partial charge in [0.1, 0.15) is 0 Å². The molecule has 0 fully saturated rings. The first-order valence-corrected chi connectivity index (χ1v) is 5.18. The summed E-state index contributed by atoms with van der Waals surface area (Å²) in [6.45, 7) is 0.235. The number of pyridine rings is 1. The van der Waals surface area contributed by atoms with Gasteiger partial charge in [0, 0.05) is 38.5 Å². The van der Waals surface area contributed by atoms with Gasteiger partial charge in [-0.1, -0.05) is 18.3 Å². The molecule has 1 aromatic heterocycles. The summed E-state index contributed by atoms with van der Waals surface area (Å²) in [5, 5.41) is 25.5. The molecule has 1 radical (unpaired) electrons. The van der Waals surface area contributed by atoms with Crippen LogP contribution in [-0.2, 0) is 21.9 Å². The van der Waals surface area contributed by atoms with E-state index in [1.807, 2.05) is 6.07 Å². The van der Waals surface area contributed by atoms with Gasteiger partial charge in [-0.3, -0.25) is 9.98 Å². The van der Waals surface area contributed by atoms with E-state index in [-0.39, 0.29) is 30.0 Å². The Balaban J connectivity index is -0.000000376. The Kier molecular flexibility index (Phi) is 22.6. The third kappa shape index (κ3) is 19.1. The smallest absolute Gasteiger partial charge is 0.753 e. The number of carboxylic acids is 1. The molecule has 0 unspecified atom stereocenters. The fourth-order valence-corrected chi connectivity index (χ4v) is 0.766. The fraction of sp³-hybridized carbons (Fsp3) is 0.273. The molecule has 0 amide bonds. The van der Waals surface area contributed by atoms with Crippen LogP contribution in [-0.4, -0.2) is 41.1 Å². The van der Waals surface area contributed by atoms with Gasteiger partial charge in [-0.2, -0.15) is 5.16 Å². The van der Waals surface area contributed by atoms with Crippen molar-refractivity contribution < 1.29 is 32.1 Å². The molecule has 0 aliphatic rings. The Bertz CT molecular complexity index is 382. The number of hydrogen-bond acceptors (Lipinski definition) is 6. The van der Waals surface area contributed by atoms with Crippen LogP contribution in [0.15, 0.2) is 29.4 Å². The van der Waals surface area contributed by atoms with E-state index in [0.29, 0.717) is 0 Å². The molecule has 0 aliphatic carbocycles. The van der Waals surface area contributed by atoms with E-state index in [0.717, 1.165) is 12.8 Å². The number of hydrogen-bond donors (Lipinski definition) is 1. The van der Waals surface area contributed by atoms with E-state index >= 15 is 0 Å². The third-order valence-corrected chi connectivity index (χ3v) is 1.36. The van der Waals surface area contributed by atoms with Gasteiger partial charge in [-0.15, -0.1) is 0 Å².